The zero-order valence-corrected chi connectivity index (χ0v) is 20.0. The maximum Gasteiger partial charge on any atom is 0.242 e. The monoisotopic (exact) mass is 486 g/mol. The number of rotatable bonds is 10. The summed E-state index contributed by atoms with van der Waals surface area (Å²) in [5.74, 6) is 0.690. The summed E-state index contributed by atoms with van der Waals surface area (Å²) < 4.78 is 0. The number of nitrogens with zero attached hydrogens (tertiary/aromatic N) is 1. The molecule has 2 rings (SSSR count). The minimum Gasteiger partial charge on any atom is -0.355 e. The van der Waals surface area contributed by atoms with Crippen LogP contribution in [0.1, 0.15) is 31.4 Å². The Morgan fingerprint density at radius 1 is 1.00 bits per heavy atom. The van der Waals surface area contributed by atoms with Crippen molar-refractivity contribution in [1.29, 1.82) is 0 Å². The van der Waals surface area contributed by atoms with Gasteiger partial charge in [-0.05, 0) is 48.7 Å². The Balaban J connectivity index is 2.13. The summed E-state index contributed by atoms with van der Waals surface area (Å²) in [6.07, 6.45) is 0.515. The lowest BCUT2D eigenvalue weighted by Gasteiger charge is -2.30. The van der Waals surface area contributed by atoms with Crippen molar-refractivity contribution in [3.63, 3.8) is 0 Å². The molecule has 0 saturated carbocycles. The minimum absolute atomic E-state index is 0.0989. The third kappa shape index (κ3) is 7.38. The highest BCUT2D eigenvalue weighted by atomic mass is 35.5. The van der Waals surface area contributed by atoms with Crippen LogP contribution in [0.15, 0.2) is 42.5 Å². The van der Waals surface area contributed by atoms with Gasteiger partial charge in [-0.15, -0.1) is 11.8 Å². The molecule has 0 fully saturated rings. The van der Waals surface area contributed by atoms with Crippen molar-refractivity contribution < 1.29 is 9.59 Å². The first-order chi connectivity index (χ1) is 14.3. The first kappa shape index (κ1) is 24.9. The average molecular weight is 488 g/mol. The van der Waals surface area contributed by atoms with E-state index in [0.29, 0.717) is 33.8 Å². The van der Waals surface area contributed by atoms with Gasteiger partial charge in [0.25, 0.3) is 0 Å². The molecule has 8 heteroatoms. The molecule has 0 aliphatic carbocycles. The highest BCUT2D eigenvalue weighted by Gasteiger charge is 2.28. The lowest BCUT2D eigenvalue weighted by molar-refractivity contribution is -0.139. The summed E-state index contributed by atoms with van der Waals surface area (Å²) in [5.41, 5.74) is 1.91. The topological polar surface area (TPSA) is 49.4 Å². The minimum atomic E-state index is -0.553. The molecule has 0 bridgehead atoms. The van der Waals surface area contributed by atoms with Crippen molar-refractivity contribution in [3.05, 3.63) is 68.7 Å². The summed E-state index contributed by atoms with van der Waals surface area (Å²) in [5, 5.41) is 4.38. The van der Waals surface area contributed by atoms with Crippen LogP contribution in [0.3, 0.4) is 0 Å². The van der Waals surface area contributed by atoms with Gasteiger partial charge in [-0.2, -0.15) is 0 Å². The summed E-state index contributed by atoms with van der Waals surface area (Å²) in [4.78, 5) is 27.3. The van der Waals surface area contributed by atoms with E-state index in [9.17, 15) is 9.59 Å². The fourth-order valence-electron chi connectivity index (χ4n) is 2.97. The van der Waals surface area contributed by atoms with Crippen molar-refractivity contribution in [2.75, 3.05) is 12.3 Å². The Hall–Kier alpha value is -1.40. The van der Waals surface area contributed by atoms with E-state index in [4.69, 9.17) is 34.8 Å². The van der Waals surface area contributed by atoms with Gasteiger partial charge in [0.1, 0.15) is 6.04 Å². The lowest BCUT2D eigenvalue weighted by atomic mass is 10.1. The number of likely N-dealkylation sites (N-methyl/N-ethyl adjacent to an activating group) is 1. The number of benzene rings is 2. The Morgan fingerprint density at radius 2 is 1.67 bits per heavy atom. The quantitative estimate of drug-likeness (QED) is 0.459. The molecule has 30 heavy (non-hydrogen) atoms. The van der Waals surface area contributed by atoms with E-state index in [2.05, 4.69) is 5.32 Å². The second-order valence-electron chi connectivity index (χ2n) is 6.71. The molecule has 2 aromatic rings. The SMILES string of the molecule is CCNC(=O)[C@@H](CC)N(Cc1ccc(Cl)c(Cl)c1)C(=O)CSCc1ccc(Cl)cc1. The van der Waals surface area contributed by atoms with E-state index in [0.717, 1.165) is 11.1 Å². The van der Waals surface area contributed by atoms with E-state index in [-0.39, 0.29) is 24.1 Å². The second-order valence-corrected chi connectivity index (χ2v) is 8.94. The van der Waals surface area contributed by atoms with Gasteiger partial charge in [-0.1, -0.05) is 59.9 Å². The predicted octanol–water partition coefficient (Wildman–Crippen LogP) is 5.82. The number of carbonyl (C=O) groups is 2. The Labute approximate surface area is 197 Å². The molecule has 0 aliphatic heterocycles. The number of thioether (sulfide) groups is 1. The standard InChI is InChI=1S/C22H25Cl3N2O2S/c1-3-20(22(29)26-4-2)27(12-16-7-10-18(24)19(25)11-16)21(28)14-30-13-15-5-8-17(23)9-6-15/h5-11,20H,3-4,12-14H2,1-2H3,(H,26,29)/t20-/m1/s1. The Bertz CT molecular complexity index is 862. The summed E-state index contributed by atoms with van der Waals surface area (Å²) in [7, 11) is 0. The smallest absolute Gasteiger partial charge is 0.242 e. The third-order valence-electron chi connectivity index (χ3n) is 4.48. The fraction of sp³-hybridized carbons (Fsp3) is 0.364. The summed E-state index contributed by atoms with van der Waals surface area (Å²) in [6, 6.07) is 12.2. The summed E-state index contributed by atoms with van der Waals surface area (Å²) >= 11 is 19.6. The van der Waals surface area contributed by atoms with Crippen molar-refractivity contribution >= 4 is 58.4 Å². The second kappa shape index (κ2) is 12.5. The van der Waals surface area contributed by atoms with E-state index in [1.807, 2.05) is 44.2 Å². The first-order valence-electron chi connectivity index (χ1n) is 9.69. The molecule has 0 aliphatic rings. The van der Waals surface area contributed by atoms with Gasteiger partial charge in [0.05, 0.1) is 15.8 Å². The summed E-state index contributed by atoms with van der Waals surface area (Å²) in [6.45, 7) is 4.55. The van der Waals surface area contributed by atoms with Crippen LogP contribution in [0.25, 0.3) is 0 Å². The predicted molar refractivity (Wildman–Crippen MR) is 127 cm³/mol. The van der Waals surface area contributed by atoms with Crippen LogP contribution >= 0.6 is 46.6 Å². The van der Waals surface area contributed by atoms with Crippen LogP contribution in [0.2, 0.25) is 15.1 Å². The largest absolute Gasteiger partial charge is 0.355 e. The molecular weight excluding hydrogens is 463 g/mol. The van der Waals surface area contributed by atoms with E-state index in [1.165, 1.54) is 11.8 Å². The van der Waals surface area contributed by atoms with Crippen molar-refractivity contribution in [3.8, 4) is 0 Å². The van der Waals surface area contributed by atoms with Gasteiger partial charge >= 0.3 is 0 Å². The van der Waals surface area contributed by atoms with Crippen LogP contribution < -0.4 is 5.32 Å². The molecule has 0 aromatic heterocycles. The number of hydrogen-bond acceptors (Lipinski definition) is 3. The van der Waals surface area contributed by atoms with E-state index >= 15 is 0 Å². The van der Waals surface area contributed by atoms with Gasteiger partial charge < -0.3 is 10.2 Å². The van der Waals surface area contributed by atoms with Crippen molar-refractivity contribution in [1.82, 2.24) is 10.2 Å². The maximum atomic E-state index is 13.1. The molecule has 2 aromatic carbocycles. The third-order valence-corrected chi connectivity index (χ3v) is 6.46. The van der Waals surface area contributed by atoms with E-state index < -0.39 is 6.04 Å². The first-order valence-corrected chi connectivity index (χ1v) is 12.0. The zero-order chi connectivity index (χ0) is 22.1. The maximum absolute atomic E-state index is 13.1. The van der Waals surface area contributed by atoms with Crippen LogP contribution in [0.4, 0.5) is 0 Å². The Morgan fingerprint density at radius 3 is 2.27 bits per heavy atom. The van der Waals surface area contributed by atoms with Crippen molar-refractivity contribution in [2.45, 2.75) is 38.6 Å². The molecular formula is C22H25Cl3N2O2S. The van der Waals surface area contributed by atoms with Crippen molar-refractivity contribution in [2.24, 2.45) is 0 Å². The fourth-order valence-corrected chi connectivity index (χ4v) is 4.28. The number of nitrogens with one attached hydrogen (secondary N) is 1. The molecule has 0 radical (unpaired) electrons. The van der Waals surface area contributed by atoms with Gasteiger partial charge in [0.15, 0.2) is 0 Å². The Kier molecular flexibility index (Phi) is 10.3. The molecule has 4 nitrogen and oxygen atoms in total. The van der Waals surface area contributed by atoms with Crippen LogP contribution in [-0.4, -0.2) is 35.1 Å². The number of amides is 2. The molecule has 162 valence electrons. The van der Waals surface area contributed by atoms with Crippen LogP contribution in [0, 0.1) is 0 Å². The number of halogens is 3. The van der Waals surface area contributed by atoms with Crippen LogP contribution in [-0.2, 0) is 21.9 Å². The molecule has 0 saturated heterocycles. The molecule has 0 spiro atoms. The molecule has 2 amide bonds. The van der Waals surface area contributed by atoms with E-state index in [1.54, 1.807) is 17.0 Å². The zero-order valence-electron chi connectivity index (χ0n) is 17.0. The molecule has 1 N–H and O–H groups in total. The van der Waals surface area contributed by atoms with Gasteiger partial charge in [-0.3, -0.25) is 9.59 Å². The molecule has 0 heterocycles. The molecule has 1 atom stereocenters. The molecule has 0 unspecified atom stereocenters. The average Bonchev–Trinajstić information content (AvgIpc) is 2.72. The lowest BCUT2D eigenvalue weighted by Crippen LogP contribution is -2.49. The number of hydrogen-bond donors (Lipinski definition) is 1. The van der Waals surface area contributed by atoms with Gasteiger partial charge in [-0.25, -0.2) is 0 Å². The highest BCUT2D eigenvalue weighted by Crippen LogP contribution is 2.24. The normalized spacial score (nSPS) is 11.8. The van der Waals surface area contributed by atoms with Crippen LogP contribution in [0.5, 0.6) is 0 Å². The number of carbonyl (C=O) groups excluding carboxylic acids is 2. The van der Waals surface area contributed by atoms with Gasteiger partial charge in [0, 0.05) is 23.9 Å². The van der Waals surface area contributed by atoms with Gasteiger partial charge in [0.2, 0.25) is 11.8 Å². The highest BCUT2D eigenvalue weighted by molar-refractivity contribution is 7.99.